The Labute approximate surface area is 302 Å². The van der Waals surface area contributed by atoms with E-state index in [-0.39, 0.29) is 42.3 Å². The summed E-state index contributed by atoms with van der Waals surface area (Å²) in [5.41, 5.74) is -0.774. The largest absolute Gasteiger partial charge is 0.471 e. The third kappa shape index (κ3) is 13.2. The minimum absolute atomic E-state index is 0.0363. The van der Waals surface area contributed by atoms with E-state index in [1.165, 1.54) is 43.4 Å². The van der Waals surface area contributed by atoms with Crippen LogP contribution in [0.4, 0.5) is 23.7 Å². The molecular weight excluding hydrogens is 695 g/mol. The van der Waals surface area contributed by atoms with Crippen molar-refractivity contribution >= 4 is 47.4 Å². The van der Waals surface area contributed by atoms with E-state index in [1.807, 2.05) is 13.8 Å². The summed E-state index contributed by atoms with van der Waals surface area (Å²) in [4.78, 5) is 67.3. The molecule has 0 radical (unpaired) electrons. The third-order valence-corrected chi connectivity index (χ3v) is 9.54. The van der Waals surface area contributed by atoms with Crippen LogP contribution in [0.1, 0.15) is 67.2 Å². The molecule has 1 aliphatic heterocycles. The number of methoxy groups -OCH3 is 2. The van der Waals surface area contributed by atoms with Gasteiger partial charge in [-0.25, -0.2) is 4.79 Å². The molecule has 3 N–H and O–H groups in total. The fourth-order valence-electron chi connectivity index (χ4n) is 5.92. The molecule has 17 heteroatoms. The first-order valence-corrected chi connectivity index (χ1v) is 17.6. The van der Waals surface area contributed by atoms with Crippen LogP contribution in [0.15, 0.2) is 29.2 Å². The van der Waals surface area contributed by atoms with Crippen molar-refractivity contribution in [1.29, 1.82) is 0 Å². The summed E-state index contributed by atoms with van der Waals surface area (Å²) in [6.07, 6.45) is -5.12. The zero-order chi connectivity index (χ0) is 38.7. The van der Waals surface area contributed by atoms with E-state index >= 15 is 0 Å². The molecular formula is C34H52F3N5O8S. The molecule has 1 fully saturated rings. The number of anilines is 1. The lowest BCUT2D eigenvalue weighted by atomic mass is 9.90. The van der Waals surface area contributed by atoms with Gasteiger partial charge in [-0.2, -0.15) is 13.2 Å². The fourth-order valence-corrected chi connectivity index (χ4v) is 6.60. The van der Waals surface area contributed by atoms with Gasteiger partial charge in [0.15, 0.2) is 0 Å². The maximum atomic E-state index is 13.9. The number of amides is 5. The number of carbonyl (C=O) groups is 5. The molecule has 0 saturated carbocycles. The smallest absolute Gasteiger partial charge is 0.444 e. The molecule has 6 unspecified atom stereocenters. The van der Waals surface area contributed by atoms with E-state index in [0.717, 1.165) is 11.9 Å². The number of hydrogen-bond acceptors (Lipinski definition) is 9. The Morgan fingerprint density at radius 2 is 1.67 bits per heavy atom. The predicted molar refractivity (Wildman–Crippen MR) is 185 cm³/mol. The molecule has 0 bridgehead atoms. The van der Waals surface area contributed by atoms with Crippen molar-refractivity contribution < 1.29 is 51.4 Å². The van der Waals surface area contributed by atoms with Crippen molar-refractivity contribution in [3.63, 3.8) is 0 Å². The minimum atomic E-state index is -5.02. The van der Waals surface area contributed by atoms with Crippen LogP contribution in [0.3, 0.4) is 0 Å². The molecule has 51 heavy (non-hydrogen) atoms. The molecule has 1 aromatic carbocycles. The third-order valence-electron chi connectivity index (χ3n) is 8.73. The van der Waals surface area contributed by atoms with Crippen LogP contribution in [0.25, 0.3) is 0 Å². The molecule has 6 atom stereocenters. The summed E-state index contributed by atoms with van der Waals surface area (Å²) < 4.78 is 57.2. The van der Waals surface area contributed by atoms with Crippen molar-refractivity contribution in [3.05, 3.63) is 24.3 Å². The number of carbonyl (C=O) groups excluding carboxylic acids is 5. The monoisotopic (exact) mass is 747 g/mol. The summed E-state index contributed by atoms with van der Waals surface area (Å²) >= 11 is 0.950. The number of hydrogen-bond donors (Lipinski definition) is 3. The van der Waals surface area contributed by atoms with E-state index in [4.69, 9.17) is 14.2 Å². The van der Waals surface area contributed by atoms with E-state index in [0.29, 0.717) is 30.7 Å². The lowest BCUT2D eigenvalue weighted by Crippen LogP contribution is -2.54. The zero-order valence-corrected chi connectivity index (χ0v) is 31.5. The molecule has 0 spiro atoms. The van der Waals surface area contributed by atoms with Crippen molar-refractivity contribution in [2.75, 3.05) is 39.7 Å². The van der Waals surface area contributed by atoms with Crippen molar-refractivity contribution in [1.82, 2.24) is 19.8 Å². The lowest BCUT2D eigenvalue weighted by Gasteiger charge is -2.39. The average Bonchev–Trinajstić information content (AvgIpc) is 3.54. The predicted octanol–water partition coefficient (Wildman–Crippen LogP) is 4.76. The number of benzene rings is 1. The molecule has 2 rings (SSSR count). The minimum Gasteiger partial charge on any atom is -0.444 e. The number of likely N-dealkylation sites (N-methyl/N-ethyl adjacent to an activating group) is 1. The topological polar surface area (TPSA) is 156 Å². The van der Waals surface area contributed by atoms with Gasteiger partial charge in [-0.05, 0) is 75.7 Å². The normalized spacial score (nSPS) is 17.8. The lowest BCUT2D eigenvalue weighted by molar-refractivity contribution is -0.167. The standard InChI is InChI=1S/C34H52F3N5O8S/c1-10-20(2)28(41(7)27(44)19-38-32(47)50-33(4,5)6)25(48-8)18-26(43)42-17-11-12-24(42)29(49-9)21(3)30(45)40-51-23-15-13-22(14-16-23)39-31(46)34(35,36)37/h13-16,20-21,24-25,28-29H,10-12,17-19H2,1-9H3,(H,38,47)(H,39,46)(H,40,45). The van der Waals surface area contributed by atoms with Crippen LogP contribution in [0, 0.1) is 11.8 Å². The number of rotatable bonds is 16. The van der Waals surface area contributed by atoms with Crippen LogP contribution in [0.5, 0.6) is 0 Å². The number of alkyl halides is 3. The maximum absolute atomic E-state index is 13.9. The number of halogens is 3. The van der Waals surface area contributed by atoms with Gasteiger partial charge in [0.25, 0.3) is 0 Å². The SMILES string of the molecule is CCC(C)C(C(CC(=O)N1CCCC1C(OC)C(C)C(=O)NSc1ccc(NC(=O)C(F)(F)F)cc1)OC)N(C)C(=O)CNC(=O)OC(C)(C)C. The highest BCUT2D eigenvalue weighted by Crippen LogP contribution is 2.30. The molecule has 0 aromatic heterocycles. The summed E-state index contributed by atoms with van der Waals surface area (Å²) in [6, 6.07) is 4.57. The summed E-state index contributed by atoms with van der Waals surface area (Å²) in [5.74, 6) is -3.82. The second-order valence-corrected chi connectivity index (χ2v) is 14.4. The zero-order valence-electron chi connectivity index (χ0n) is 30.7. The van der Waals surface area contributed by atoms with Gasteiger partial charge < -0.3 is 34.6 Å². The first kappa shape index (κ1) is 43.6. The van der Waals surface area contributed by atoms with E-state index in [2.05, 4.69) is 10.0 Å². The van der Waals surface area contributed by atoms with Crippen LogP contribution in [-0.4, -0.2) is 110 Å². The van der Waals surface area contributed by atoms with Gasteiger partial charge in [-0.15, -0.1) is 0 Å². The van der Waals surface area contributed by atoms with Crippen LogP contribution < -0.4 is 15.4 Å². The van der Waals surface area contributed by atoms with Gasteiger partial charge in [0.2, 0.25) is 17.7 Å². The van der Waals surface area contributed by atoms with Crippen LogP contribution >= 0.6 is 11.9 Å². The summed E-state index contributed by atoms with van der Waals surface area (Å²) in [7, 11) is 4.57. The summed E-state index contributed by atoms with van der Waals surface area (Å²) in [5, 5.41) is 4.25. The Balaban J connectivity index is 2.08. The van der Waals surface area contributed by atoms with Crippen molar-refractivity contribution in [2.24, 2.45) is 11.8 Å². The Bertz CT molecular complexity index is 1340. The van der Waals surface area contributed by atoms with Gasteiger partial charge in [0, 0.05) is 38.4 Å². The first-order valence-electron chi connectivity index (χ1n) is 16.8. The molecule has 0 aliphatic carbocycles. The molecule has 5 amide bonds. The highest BCUT2D eigenvalue weighted by Gasteiger charge is 2.42. The van der Waals surface area contributed by atoms with Gasteiger partial charge in [0.1, 0.15) is 12.1 Å². The van der Waals surface area contributed by atoms with Gasteiger partial charge in [-0.1, -0.05) is 27.2 Å². The second kappa shape index (κ2) is 19.3. The number of alkyl carbamates (subject to hydrolysis) is 1. The van der Waals surface area contributed by atoms with Gasteiger partial charge in [0.05, 0.1) is 36.6 Å². The number of nitrogens with zero attached hydrogens (tertiary/aromatic N) is 2. The molecule has 1 saturated heterocycles. The maximum Gasteiger partial charge on any atom is 0.471 e. The number of likely N-dealkylation sites (tertiary alicyclic amines) is 1. The molecule has 1 heterocycles. The second-order valence-electron chi connectivity index (χ2n) is 13.5. The molecule has 288 valence electrons. The Hall–Kier alpha value is -3.57. The molecule has 1 aromatic rings. The molecule has 1 aliphatic rings. The fraction of sp³-hybridized carbons (Fsp3) is 0.676. The Kier molecular flexibility index (Phi) is 16.5. The van der Waals surface area contributed by atoms with Gasteiger partial charge >= 0.3 is 18.2 Å². The highest BCUT2D eigenvalue weighted by molar-refractivity contribution is 7.98. The van der Waals surface area contributed by atoms with E-state index in [9.17, 15) is 37.1 Å². The van der Waals surface area contributed by atoms with E-state index < -0.39 is 54.0 Å². The highest BCUT2D eigenvalue weighted by atomic mass is 32.2. The van der Waals surface area contributed by atoms with Crippen molar-refractivity contribution in [2.45, 2.75) is 108 Å². The first-order chi connectivity index (χ1) is 23.7. The van der Waals surface area contributed by atoms with Crippen LogP contribution in [0.2, 0.25) is 0 Å². The Morgan fingerprint density at radius 3 is 2.20 bits per heavy atom. The van der Waals surface area contributed by atoms with Crippen molar-refractivity contribution in [3.8, 4) is 0 Å². The quantitative estimate of drug-likeness (QED) is 0.203. The van der Waals surface area contributed by atoms with Gasteiger partial charge in [-0.3, -0.25) is 23.9 Å². The molecule has 13 nitrogen and oxygen atoms in total. The number of ether oxygens (including phenoxy) is 3. The Morgan fingerprint density at radius 1 is 1.04 bits per heavy atom. The number of nitrogens with one attached hydrogen (secondary N) is 3. The average molecular weight is 748 g/mol. The summed E-state index contributed by atoms with van der Waals surface area (Å²) in [6.45, 7) is 10.9. The van der Waals surface area contributed by atoms with Crippen LogP contribution in [-0.2, 0) is 33.4 Å². The van der Waals surface area contributed by atoms with E-state index in [1.54, 1.807) is 45.0 Å².